The first kappa shape index (κ1) is 31.1. The van der Waals surface area contributed by atoms with E-state index in [-0.39, 0.29) is 18.1 Å². The number of likely N-dealkylation sites (N-methyl/N-ethyl adjacent to an activating group) is 2. The van der Waals surface area contributed by atoms with Crippen molar-refractivity contribution in [2.24, 2.45) is 17.6 Å². The Kier molecular flexibility index (Phi) is 13.2. The summed E-state index contributed by atoms with van der Waals surface area (Å²) in [7, 11) is 4.64. The van der Waals surface area contributed by atoms with E-state index in [9.17, 15) is 19.2 Å². The molecule has 1 aromatic rings. The van der Waals surface area contributed by atoms with Crippen LogP contribution in [0.25, 0.3) is 0 Å². The van der Waals surface area contributed by atoms with Gasteiger partial charge in [-0.15, -0.1) is 0 Å². The van der Waals surface area contributed by atoms with Crippen molar-refractivity contribution in [3.05, 3.63) is 29.8 Å². The Morgan fingerprint density at radius 2 is 1.47 bits per heavy atom. The molecule has 1 rings (SSSR count). The quantitative estimate of drug-likeness (QED) is 0.274. The monoisotopic (exact) mass is 503 g/mol. The fraction of sp³-hybridized carbons (Fsp3) is 0.643. The normalized spacial score (nSPS) is 13.6. The minimum atomic E-state index is -0.906. The number of hydrogen-bond acceptors (Lipinski definition) is 5. The number of nitrogens with zero attached hydrogens (tertiary/aromatic N) is 2. The Labute approximate surface area is 216 Å². The number of ketones is 1. The zero-order valence-electron chi connectivity index (χ0n) is 23.1. The van der Waals surface area contributed by atoms with Gasteiger partial charge in [0.2, 0.25) is 17.7 Å². The van der Waals surface area contributed by atoms with Gasteiger partial charge in [0.05, 0.1) is 13.0 Å². The first-order valence-corrected chi connectivity index (χ1v) is 12.9. The molecule has 0 aliphatic rings. The first-order valence-electron chi connectivity index (χ1n) is 12.9. The van der Waals surface area contributed by atoms with Crippen molar-refractivity contribution >= 4 is 23.5 Å². The molecule has 3 atom stereocenters. The van der Waals surface area contributed by atoms with Crippen LogP contribution in [-0.2, 0) is 25.6 Å². The highest BCUT2D eigenvalue weighted by Crippen LogP contribution is 2.20. The van der Waals surface area contributed by atoms with Crippen LogP contribution in [0.5, 0.6) is 5.75 Å². The Bertz CT molecular complexity index is 868. The van der Waals surface area contributed by atoms with Gasteiger partial charge in [0.1, 0.15) is 23.6 Å². The van der Waals surface area contributed by atoms with Gasteiger partial charge in [0, 0.05) is 26.9 Å². The van der Waals surface area contributed by atoms with Crippen LogP contribution in [0.1, 0.15) is 71.8 Å². The van der Waals surface area contributed by atoms with E-state index < -0.39 is 35.7 Å². The Hall–Kier alpha value is -2.90. The molecule has 0 radical (unpaired) electrons. The maximum atomic E-state index is 13.6. The van der Waals surface area contributed by atoms with Crippen LogP contribution in [-0.4, -0.2) is 66.6 Å². The number of ether oxygens (including phenoxy) is 1. The van der Waals surface area contributed by atoms with Crippen molar-refractivity contribution < 1.29 is 23.9 Å². The summed E-state index contributed by atoms with van der Waals surface area (Å²) in [5, 5.41) is 0. The van der Waals surface area contributed by atoms with Crippen molar-refractivity contribution in [2.45, 2.75) is 84.7 Å². The summed E-state index contributed by atoms with van der Waals surface area (Å²) in [6.45, 7) is 7.36. The number of hydrogen-bond donors (Lipinski definition) is 1. The lowest BCUT2D eigenvalue weighted by molar-refractivity contribution is -0.150. The number of methoxy groups -OCH3 is 1. The average Bonchev–Trinajstić information content (AvgIpc) is 2.85. The molecule has 8 nitrogen and oxygen atoms in total. The molecule has 1 aromatic carbocycles. The first-order chi connectivity index (χ1) is 17.0. The summed E-state index contributed by atoms with van der Waals surface area (Å²) in [6, 6.07) is 5.51. The summed E-state index contributed by atoms with van der Waals surface area (Å²) < 4.78 is 5.21. The van der Waals surface area contributed by atoms with E-state index in [4.69, 9.17) is 10.5 Å². The molecule has 0 saturated heterocycles. The van der Waals surface area contributed by atoms with Crippen LogP contribution >= 0.6 is 0 Å². The van der Waals surface area contributed by atoms with Gasteiger partial charge in [-0.25, -0.2) is 0 Å². The van der Waals surface area contributed by atoms with Crippen molar-refractivity contribution in [3.8, 4) is 5.75 Å². The van der Waals surface area contributed by atoms with E-state index in [1.165, 1.54) is 16.8 Å². The van der Waals surface area contributed by atoms with Gasteiger partial charge < -0.3 is 20.3 Å². The average molecular weight is 504 g/mol. The van der Waals surface area contributed by atoms with Gasteiger partial charge in [-0.05, 0) is 37.0 Å². The van der Waals surface area contributed by atoms with E-state index in [1.807, 2.05) is 26.0 Å². The smallest absolute Gasteiger partial charge is 0.246 e. The van der Waals surface area contributed by atoms with Gasteiger partial charge >= 0.3 is 0 Å². The third kappa shape index (κ3) is 8.95. The van der Waals surface area contributed by atoms with Gasteiger partial charge in [-0.2, -0.15) is 0 Å². The predicted octanol–water partition coefficient (Wildman–Crippen LogP) is 3.60. The van der Waals surface area contributed by atoms with E-state index in [1.54, 1.807) is 33.2 Å². The standard InChI is InChI=1S/C28H45N3O5/c1-8-9-10-11-12-13-24(32)20(4)27(34)30(5)23(18-21-14-16-22(36-7)17-15-21)28(35)31(6)25(19(2)3)26(29)33/h14-17,19-20,23,25H,8-13,18H2,1-7H3,(H2,29,33)/t20-,23+,25-/m0/s1. The van der Waals surface area contributed by atoms with Gasteiger partial charge in [-0.3, -0.25) is 19.2 Å². The molecule has 3 amide bonds. The highest BCUT2D eigenvalue weighted by Gasteiger charge is 2.37. The predicted molar refractivity (Wildman–Crippen MR) is 141 cm³/mol. The summed E-state index contributed by atoms with van der Waals surface area (Å²) >= 11 is 0. The molecule has 0 spiro atoms. The number of unbranched alkanes of at least 4 members (excludes halogenated alkanes) is 4. The summed E-state index contributed by atoms with van der Waals surface area (Å²) in [5.74, 6) is -1.92. The fourth-order valence-electron chi connectivity index (χ4n) is 4.43. The molecule has 0 aromatic heterocycles. The lowest BCUT2D eigenvalue weighted by Crippen LogP contribution is -2.57. The largest absolute Gasteiger partial charge is 0.497 e. The summed E-state index contributed by atoms with van der Waals surface area (Å²) in [6.07, 6.45) is 5.62. The molecule has 2 N–H and O–H groups in total. The molecule has 0 saturated carbocycles. The van der Waals surface area contributed by atoms with Crippen LogP contribution in [0.15, 0.2) is 24.3 Å². The molecular formula is C28H45N3O5. The number of carbonyl (C=O) groups is 4. The lowest BCUT2D eigenvalue weighted by Gasteiger charge is -2.36. The number of amides is 3. The molecule has 0 unspecified atom stereocenters. The van der Waals surface area contributed by atoms with Crippen LogP contribution in [0.2, 0.25) is 0 Å². The highest BCUT2D eigenvalue weighted by molar-refractivity contribution is 6.02. The number of nitrogens with two attached hydrogens (primary N) is 1. The van der Waals surface area contributed by atoms with Crippen LogP contribution in [0, 0.1) is 11.8 Å². The zero-order valence-corrected chi connectivity index (χ0v) is 23.1. The molecule has 36 heavy (non-hydrogen) atoms. The van der Waals surface area contributed by atoms with E-state index in [2.05, 4.69) is 6.92 Å². The third-order valence-corrected chi connectivity index (χ3v) is 6.76. The topological polar surface area (TPSA) is 110 Å². The number of carbonyl (C=O) groups excluding carboxylic acids is 4. The number of Topliss-reactive ketones (excluding diaryl/α,β-unsaturated/α-hetero) is 1. The zero-order chi connectivity index (χ0) is 27.4. The second-order valence-electron chi connectivity index (χ2n) is 9.91. The number of rotatable bonds is 16. The minimum Gasteiger partial charge on any atom is -0.497 e. The Balaban J connectivity index is 3.14. The Morgan fingerprint density at radius 1 is 0.889 bits per heavy atom. The highest BCUT2D eigenvalue weighted by atomic mass is 16.5. The molecule has 0 heterocycles. The molecule has 0 aliphatic heterocycles. The van der Waals surface area contributed by atoms with E-state index >= 15 is 0 Å². The molecule has 0 bridgehead atoms. The van der Waals surface area contributed by atoms with Gasteiger partial charge in [-0.1, -0.05) is 58.6 Å². The lowest BCUT2D eigenvalue weighted by atomic mass is 9.96. The van der Waals surface area contributed by atoms with Crippen LogP contribution in [0.3, 0.4) is 0 Å². The third-order valence-electron chi connectivity index (χ3n) is 6.76. The molecular weight excluding hydrogens is 458 g/mol. The SMILES string of the molecule is CCCCCCCC(=O)[C@H](C)C(=O)N(C)[C@H](Cc1ccc(OC)cc1)C(=O)N(C)[C@H](C(N)=O)C(C)C. The molecule has 8 heteroatoms. The van der Waals surface area contributed by atoms with Gasteiger partial charge in [0.25, 0.3) is 0 Å². The van der Waals surface area contributed by atoms with Crippen LogP contribution < -0.4 is 10.5 Å². The second kappa shape index (κ2) is 15.3. The minimum absolute atomic E-state index is 0.121. The van der Waals surface area contributed by atoms with E-state index in [0.717, 1.165) is 37.7 Å². The fourth-order valence-corrected chi connectivity index (χ4v) is 4.43. The molecule has 0 fully saturated rings. The summed E-state index contributed by atoms with van der Waals surface area (Å²) in [5.41, 5.74) is 6.41. The maximum Gasteiger partial charge on any atom is 0.246 e. The number of benzene rings is 1. The van der Waals surface area contributed by atoms with Gasteiger partial charge in [0.15, 0.2) is 0 Å². The van der Waals surface area contributed by atoms with Crippen LogP contribution in [0.4, 0.5) is 0 Å². The van der Waals surface area contributed by atoms with Crippen molar-refractivity contribution in [1.82, 2.24) is 9.80 Å². The summed E-state index contributed by atoms with van der Waals surface area (Å²) in [4.78, 5) is 54.5. The molecule has 202 valence electrons. The second-order valence-corrected chi connectivity index (χ2v) is 9.91. The van der Waals surface area contributed by atoms with E-state index in [0.29, 0.717) is 12.2 Å². The maximum absolute atomic E-state index is 13.6. The van der Waals surface area contributed by atoms with Crippen molar-refractivity contribution in [3.63, 3.8) is 0 Å². The number of primary amides is 1. The Morgan fingerprint density at radius 3 is 1.97 bits per heavy atom. The molecule has 0 aliphatic carbocycles. The van der Waals surface area contributed by atoms with Crippen molar-refractivity contribution in [1.29, 1.82) is 0 Å². The van der Waals surface area contributed by atoms with Crippen molar-refractivity contribution in [2.75, 3.05) is 21.2 Å².